The number of hydrogen-bond acceptors (Lipinski definition) is 1. The molecule has 1 N–H and O–H groups in total. The van der Waals surface area contributed by atoms with Crippen LogP contribution in [0.1, 0.15) is 31.7 Å². The Balaban J connectivity index is 2.33. The summed E-state index contributed by atoms with van der Waals surface area (Å²) in [7, 11) is 0. The Bertz CT molecular complexity index is 453. The molecule has 0 radical (unpaired) electrons. The van der Waals surface area contributed by atoms with Gasteiger partial charge in [-0.2, -0.15) is 0 Å². The molecule has 1 aliphatic carbocycles. The minimum absolute atomic E-state index is 0.422. The van der Waals surface area contributed by atoms with Crippen LogP contribution in [0.3, 0.4) is 0 Å². The molecular weight excluding hydrogens is 271 g/mol. The maximum Gasteiger partial charge on any atom is 0.309 e. The summed E-state index contributed by atoms with van der Waals surface area (Å²) in [5.41, 5.74) is 0.0611. The van der Waals surface area contributed by atoms with Crippen molar-refractivity contribution in [1.82, 2.24) is 0 Å². The third-order valence-electron chi connectivity index (χ3n) is 3.89. The molecule has 2 unspecified atom stereocenters. The van der Waals surface area contributed by atoms with Crippen molar-refractivity contribution in [2.75, 3.05) is 0 Å². The molecule has 0 bridgehead atoms. The Morgan fingerprint density at radius 3 is 2.50 bits per heavy atom. The molecule has 2 atom stereocenters. The molecule has 98 valence electrons. The number of carbonyl (C=O) groups is 1. The van der Waals surface area contributed by atoms with Crippen LogP contribution in [0.2, 0.25) is 10.0 Å². The number of halogens is 2. The first-order valence-electron chi connectivity index (χ1n) is 6.11. The molecule has 1 aromatic rings. The fourth-order valence-corrected chi connectivity index (χ4v) is 3.39. The van der Waals surface area contributed by atoms with E-state index < -0.39 is 11.4 Å². The van der Waals surface area contributed by atoms with Gasteiger partial charge in [0.25, 0.3) is 0 Å². The highest BCUT2D eigenvalue weighted by Crippen LogP contribution is 2.46. The van der Waals surface area contributed by atoms with Crippen LogP contribution >= 0.6 is 23.2 Å². The van der Waals surface area contributed by atoms with Gasteiger partial charge in [-0.3, -0.25) is 4.79 Å². The van der Waals surface area contributed by atoms with Gasteiger partial charge >= 0.3 is 5.97 Å². The van der Waals surface area contributed by atoms with Crippen LogP contribution in [0, 0.1) is 11.3 Å². The third-order valence-corrected chi connectivity index (χ3v) is 4.59. The summed E-state index contributed by atoms with van der Waals surface area (Å²) in [5.74, 6) is -0.287. The molecule has 0 aromatic heterocycles. The fourth-order valence-electron chi connectivity index (χ4n) is 2.86. The van der Waals surface area contributed by atoms with Crippen molar-refractivity contribution in [3.63, 3.8) is 0 Å². The van der Waals surface area contributed by atoms with Gasteiger partial charge in [-0.15, -0.1) is 0 Å². The zero-order valence-electron chi connectivity index (χ0n) is 10.2. The molecule has 1 aromatic carbocycles. The van der Waals surface area contributed by atoms with Crippen molar-refractivity contribution in [2.24, 2.45) is 11.3 Å². The smallest absolute Gasteiger partial charge is 0.309 e. The van der Waals surface area contributed by atoms with Crippen molar-refractivity contribution in [3.05, 3.63) is 33.8 Å². The number of carboxylic acids is 1. The Labute approximate surface area is 117 Å². The van der Waals surface area contributed by atoms with Crippen LogP contribution < -0.4 is 0 Å². The number of aliphatic carboxylic acids is 1. The molecule has 0 aliphatic heterocycles. The molecule has 18 heavy (non-hydrogen) atoms. The zero-order chi connectivity index (χ0) is 13.3. The first-order valence-corrected chi connectivity index (χ1v) is 6.86. The topological polar surface area (TPSA) is 37.3 Å². The average Bonchev–Trinajstić information content (AvgIpc) is 2.67. The monoisotopic (exact) mass is 286 g/mol. The van der Waals surface area contributed by atoms with Crippen LogP contribution in [0.5, 0.6) is 0 Å². The summed E-state index contributed by atoms with van der Waals surface area (Å²) >= 11 is 12.3. The summed E-state index contributed by atoms with van der Waals surface area (Å²) in [6, 6.07) is 5.30. The van der Waals surface area contributed by atoms with Crippen molar-refractivity contribution in [1.29, 1.82) is 0 Å². The number of hydrogen-bond donors (Lipinski definition) is 1. The van der Waals surface area contributed by atoms with Gasteiger partial charge in [-0.05, 0) is 49.3 Å². The van der Waals surface area contributed by atoms with Crippen LogP contribution in [0.25, 0.3) is 0 Å². The number of carboxylic acid groups (broad SMARTS) is 1. The molecule has 1 aliphatic rings. The molecule has 1 saturated carbocycles. The first-order chi connectivity index (χ1) is 8.44. The maximum absolute atomic E-state index is 11.6. The summed E-state index contributed by atoms with van der Waals surface area (Å²) < 4.78 is 0. The standard InChI is InChI=1S/C14H16Cl2O2/c1-9-5-6-14(7-9,13(17)18)8-10-11(15)3-2-4-12(10)16/h2-4,9H,5-8H2,1H3,(H,17,18). The van der Waals surface area contributed by atoms with E-state index in [4.69, 9.17) is 23.2 Å². The predicted molar refractivity (Wildman–Crippen MR) is 73.2 cm³/mol. The lowest BCUT2D eigenvalue weighted by Gasteiger charge is -2.25. The molecule has 4 heteroatoms. The lowest BCUT2D eigenvalue weighted by Crippen LogP contribution is -2.31. The van der Waals surface area contributed by atoms with Gasteiger partial charge in [0, 0.05) is 10.0 Å². The van der Waals surface area contributed by atoms with Gasteiger partial charge in [0.15, 0.2) is 0 Å². The van der Waals surface area contributed by atoms with E-state index in [1.807, 2.05) is 0 Å². The molecule has 0 saturated heterocycles. The van der Waals surface area contributed by atoms with Gasteiger partial charge < -0.3 is 5.11 Å². The Hall–Kier alpha value is -0.730. The average molecular weight is 287 g/mol. The SMILES string of the molecule is CC1CCC(Cc2c(Cl)cccc2Cl)(C(=O)O)C1. The minimum Gasteiger partial charge on any atom is -0.481 e. The maximum atomic E-state index is 11.6. The van der Waals surface area contributed by atoms with Crippen molar-refractivity contribution in [3.8, 4) is 0 Å². The van der Waals surface area contributed by atoms with Crippen molar-refractivity contribution < 1.29 is 9.90 Å². The van der Waals surface area contributed by atoms with E-state index in [0.29, 0.717) is 35.2 Å². The van der Waals surface area contributed by atoms with Gasteiger partial charge in [0.05, 0.1) is 5.41 Å². The number of benzene rings is 1. The molecular formula is C14H16Cl2O2. The summed E-state index contributed by atoms with van der Waals surface area (Å²) in [4.78, 5) is 11.6. The van der Waals surface area contributed by atoms with Crippen LogP contribution in [-0.2, 0) is 11.2 Å². The summed E-state index contributed by atoms with van der Waals surface area (Å²) in [6.07, 6.45) is 2.77. The second kappa shape index (κ2) is 5.10. The highest BCUT2D eigenvalue weighted by molar-refractivity contribution is 6.36. The zero-order valence-corrected chi connectivity index (χ0v) is 11.8. The highest BCUT2D eigenvalue weighted by Gasteiger charge is 2.44. The highest BCUT2D eigenvalue weighted by atomic mass is 35.5. The van der Waals surface area contributed by atoms with Gasteiger partial charge in [-0.25, -0.2) is 0 Å². The van der Waals surface area contributed by atoms with E-state index in [2.05, 4.69) is 6.92 Å². The van der Waals surface area contributed by atoms with Crippen molar-refractivity contribution >= 4 is 29.2 Å². The molecule has 0 amide bonds. The van der Waals surface area contributed by atoms with E-state index in [1.54, 1.807) is 18.2 Å². The van der Waals surface area contributed by atoms with E-state index in [0.717, 1.165) is 12.0 Å². The number of rotatable bonds is 3. The molecule has 2 nitrogen and oxygen atoms in total. The minimum atomic E-state index is -0.733. The molecule has 0 spiro atoms. The first kappa shape index (κ1) is 13.7. The summed E-state index contributed by atoms with van der Waals surface area (Å²) in [6.45, 7) is 2.10. The lowest BCUT2D eigenvalue weighted by molar-refractivity contribution is -0.148. The Morgan fingerprint density at radius 2 is 2.06 bits per heavy atom. The second-order valence-electron chi connectivity index (χ2n) is 5.31. The van der Waals surface area contributed by atoms with Crippen molar-refractivity contribution in [2.45, 2.75) is 32.6 Å². The molecule has 1 fully saturated rings. The lowest BCUT2D eigenvalue weighted by atomic mass is 9.79. The second-order valence-corrected chi connectivity index (χ2v) is 6.12. The van der Waals surface area contributed by atoms with E-state index in [9.17, 15) is 9.90 Å². The Morgan fingerprint density at radius 1 is 1.44 bits per heavy atom. The predicted octanol–water partition coefficient (Wildman–Crippen LogP) is 4.43. The van der Waals surface area contributed by atoms with Crippen LogP contribution in [-0.4, -0.2) is 11.1 Å². The van der Waals surface area contributed by atoms with E-state index in [1.165, 1.54) is 0 Å². The third kappa shape index (κ3) is 2.50. The molecule has 0 heterocycles. The Kier molecular flexibility index (Phi) is 3.88. The van der Waals surface area contributed by atoms with Gasteiger partial charge in [0.2, 0.25) is 0 Å². The van der Waals surface area contributed by atoms with Crippen LogP contribution in [0.4, 0.5) is 0 Å². The quantitative estimate of drug-likeness (QED) is 0.893. The normalized spacial score (nSPS) is 27.4. The summed E-state index contributed by atoms with van der Waals surface area (Å²) in [5, 5.41) is 10.7. The fraction of sp³-hybridized carbons (Fsp3) is 0.500. The largest absolute Gasteiger partial charge is 0.481 e. The van der Waals surface area contributed by atoms with E-state index in [-0.39, 0.29) is 0 Å². The molecule has 2 rings (SSSR count). The van der Waals surface area contributed by atoms with Crippen LogP contribution in [0.15, 0.2) is 18.2 Å². The van der Waals surface area contributed by atoms with E-state index >= 15 is 0 Å². The van der Waals surface area contributed by atoms with Gasteiger partial charge in [-0.1, -0.05) is 36.2 Å². The van der Waals surface area contributed by atoms with Gasteiger partial charge in [0.1, 0.15) is 0 Å².